The van der Waals surface area contributed by atoms with Crippen molar-refractivity contribution in [3.8, 4) is 0 Å². The largest absolute Gasteiger partial charge is 0.332 e. The monoisotopic (exact) mass is 324 g/mol. The molecule has 0 radical (unpaired) electrons. The number of hydrogen-bond donors (Lipinski definition) is 2. The minimum atomic E-state index is -0.296. The van der Waals surface area contributed by atoms with Crippen LogP contribution in [0.2, 0.25) is 0 Å². The van der Waals surface area contributed by atoms with Gasteiger partial charge in [-0.1, -0.05) is 6.07 Å². The van der Waals surface area contributed by atoms with Gasteiger partial charge in [-0.25, -0.2) is 14.5 Å². The second-order valence-corrected chi connectivity index (χ2v) is 5.90. The molecule has 2 N–H and O–H groups in total. The Balaban J connectivity index is 1.65. The number of hydrogen-bond acceptors (Lipinski definition) is 4. The van der Waals surface area contributed by atoms with Crippen LogP contribution in [0.15, 0.2) is 36.7 Å². The number of nitrogens with one attached hydrogen (secondary N) is 2. The number of urea groups is 1. The first-order valence-corrected chi connectivity index (χ1v) is 7.83. The van der Waals surface area contributed by atoms with E-state index in [1.54, 1.807) is 12.4 Å². The van der Waals surface area contributed by atoms with Gasteiger partial charge >= 0.3 is 6.03 Å². The first kappa shape index (κ1) is 15.9. The van der Waals surface area contributed by atoms with Gasteiger partial charge in [-0.05, 0) is 39.0 Å². The maximum atomic E-state index is 12.0. The van der Waals surface area contributed by atoms with Gasteiger partial charge in [0.2, 0.25) is 0 Å². The molecule has 0 aliphatic rings. The SMILES string of the molecule is Cc1cccc(CNC(=O)Nc2cnc3c(cnn3C(C)C)c2)n1. The zero-order chi connectivity index (χ0) is 17.1. The molecule has 2 amide bonds. The molecule has 3 rings (SSSR count). The fourth-order valence-corrected chi connectivity index (χ4v) is 2.43. The molecule has 0 aliphatic heterocycles. The van der Waals surface area contributed by atoms with Crippen LogP contribution >= 0.6 is 0 Å². The average Bonchev–Trinajstić information content (AvgIpc) is 2.96. The Morgan fingerprint density at radius 1 is 1.29 bits per heavy atom. The lowest BCUT2D eigenvalue weighted by Gasteiger charge is -2.09. The summed E-state index contributed by atoms with van der Waals surface area (Å²) in [4.78, 5) is 20.8. The van der Waals surface area contributed by atoms with Crippen LogP contribution in [0, 0.1) is 6.92 Å². The molecule has 0 spiro atoms. The summed E-state index contributed by atoms with van der Waals surface area (Å²) in [6, 6.07) is 7.51. The third kappa shape index (κ3) is 3.51. The maximum absolute atomic E-state index is 12.0. The van der Waals surface area contributed by atoms with Crippen molar-refractivity contribution in [2.45, 2.75) is 33.4 Å². The first-order valence-electron chi connectivity index (χ1n) is 7.83. The molecule has 0 saturated carbocycles. The van der Waals surface area contributed by atoms with Crippen molar-refractivity contribution in [3.63, 3.8) is 0 Å². The molecular formula is C17H20N6O. The Bertz CT molecular complexity index is 870. The molecule has 0 aliphatic carbocycles. The van der Waals surface area contributed by atoms with Crippen molar-refractivity contribution < 1.29 is 4.79 Å². The average molecular weight is 324 g/mol. The summed E-state index contributed by atoms with van der Waals surface area (Å²) in [5, 5.41) is 10.8. The van der Waals surface area contributed by atoms with E-state index in [-0.39, 0.29) is 12.1 Å². The Morgan fingerprint density at radius 3 is 2.88 bits per heavy atom. The van der Waals surface area contributed by atoms with Crippen molar-refractivity contribution in [1.29, 1.82) is 0 Å². The van der Waals surface area contributed by atoms with E-state index in [0.717, 1.165) is 22.4 Å². The van der Waals surface area contributed by atoms with Crippen LogP contribution in [-0.4, -0.2) is 25.8 Å². The van der Waals surface area contributed by atoms with Crippen molar-refractivity contribution in [3.05, 3.63) is 48.0 Å². The van der Waals surface area contributed by atoms with Crippen molar-refractivity contribution >= 4 is 22.8 Å². The minimum Gasteiger partial charge on any atom is -0.332 e. The lowest BCUT2D eigenvalue weighted by atomic mass is 10.3. The highest BCUT2D eigenvalue weighted by Gasteiger charge is 2.09. The second-order valence-electron chi connectivity index (χ2n) is 5.90. The summed E-state index contributed by atoms with van der Waals surface area (Å²) in [7, 11) is 0. The third-order valence-electron chi connectivity index (χ3n) is 3.56. The highest BCUT2D eigenvalue weighted by atomic mass is 16.2. The number of anilines is 1. The number of nitrogens with zero attached hydrogens (tertiary/aromatic N) is 4. The van der Waals surface area contributed by atoms with Crippen LogP contribution in [0.1, 0.15) is 31.3 Å². The molecule has 0 aromatic carbocycles. The summed E-state index contributed by atoms with van der Waals surface area (Å²) in [5.41, 5.74) is 3.17. The molecular weight excluding hydrogens is 304 g/mol. The zero-order valence-corrected chi connectivity index (χ0v) is 13.9. The maximum Gasteiger partial charge on any atom is 0.319 e. The molecule has 7 nitrogen and oxygen atoms in total. The normalized spacial score (nSPS) is 11.0. The van der Waals surface area contributed by atoms with Crippen molar-refractivity contribution in [1.82, 2.24) is 25.1 Å². The van der Waals surface area contributed by atoms with Gasteiger partial charge in [0.25, 0.3) is 0 Å². The molecule has 0 atom stereocenters. The molecule has 0 saturated heterocycles. The van der Waals surface area contributed by atoms with Gasteiger partial charge in [-0.3, -0.25) is 4.98 Å². The van der Waals surface area contributed by atoms with Gasteiger partial charge in [-0.15, -0.1) is 0 Å². The van der Waals surface area contributed by atoms with Gasteiger partial charge in [0, 0.05) is 17.1 Å². The van der Waals surface area contributed by atoms with E-state index >= 15 is 0 Å². The summed E-state index contributed by atoms with van der Waals surface area (Å²) in [6.45, 7) is 6.39. The summed E-state index contributed by atoms with van der Waals surface area (Å²) >= 11 is 0. The molecule has 0 unspecified atom stereocenters. The Morgan fingerprint density at radius 2 is 2.12 bits per heavy atom. The lowest BCUT2D eigenvalue weighted by Crippen LogP contribution is -2.28. The number of rotatable bonds is 4. The van der Waals surface area contributed by atoms with E-state index in [1.165, 1.54) is 0 Å². The smallest absolute Gasteiger partial charge is 0.319 e. The fraction of sp³-hybridized carbons (Fsp3) is 0.294. The number of carbonyl (C=O) groups is 1. The predicted molar refractivity (Wildman–Crippen MR) is 92.7 cm³/mol. The van der Waals surface area contributed by atoms with Crippen molar-refractivity contribution in [2.24, 2.45) is 0 Å². The lowest BCUT2D eigenvalue weighted by molar-refractivity contribution is 0.251. The Labute approximate surface area is 140 Å². The quantitative estimate of drug-likeness (QED) is 0.772. The van der Waals surface area contributed by atoms with Gasteiger partial charge in [0.15, 0.2) is 5.65 Å². The van der Waals surface area contributed by atoms with E-state index in [0.29, 0.717) is 12.2 Å². The van der Waals surface area contributed by atoms with Crippen molar-refractivity contribution in [2.75, 3.05) is 5.32 Å². The van der Waals surface area contributed by atoms with Crippen LogP contribution in [0.5, 0.6) is 0 Å². The molecule has 7 heteroatoms. The van der Waals surface area contributed by atoms with Crippen LogP contribution in [0.3, 0.4) is 0 Å². The van der Waals surface area contributed by atoms with Gasteiger partial charge in [0.1, 0.15) is 0 Å². The highest BCUT2D eigenvalue weighted by Crippen LogP contribution is 2.18. The van der Waals surface area contributed by atoms with Crippen LogP contribution < -0.4 is 10.6 Å². The summed E-state index contributed by atoms with van der Waals surface area (Å²) < 4.78 is 1.85. The van der Waals surface area contributed by atoms with Gasteiger partial charge < -0.3 is 10.6 Å². The van der Waals surface area contributed by atoms with Gasteiger partial charge in [-0.2, -0.15) is 5.10 Å². The number of aromatic nitrogens is 4. The van der Waals surface area contributed by atoms with E-state index in [1.807, 2.05) is 49.7 Å². The minimum absolute atomic E-state index is 0.235. The fourth-order valence-electron chi connectivity index (χ4n) is 2.43. The van der Waals surface area contributed by atoms with E-state index in [2.05, 4.69) is 25.7 Å². The van der Waals surface area contributed by atoms with E-state index in [9.17, 15) is 4.79 Å². The number of aryl methyl sites for hydroxylation is 1. The molecule has 3 aromatic heterocycles. The molecule has 3 heterocycles. The molecule has 24 heavy (non-hydrogen) atoms. The standard InChI is InChI=1S/C17H20N6O/c1-11(2)23-16-13(8-20-23)7-15(10-18-16)22-17(24)19-9-14-6-4-5-12(3)21-14/h4-8,10-11H,9H2,1-3H3,(H2,19,22,24). The molecule has 0 bridgehead atoms. The predicted octanol–water partition coefficient (Wildman–Crippen LogP) is 3.04. The zero-order valence-electron chi connectivity index (χ0n) is 13.9. The Kier molecular flexibility index (Phi) is 4.41. The number of carbonyl (C=O) groups excluding carboxylic acids is 1. The summed E-state index contributed by atoms with van der Waals surface area (Å²) in [5.74, 6) is 0. The molecule has 0 fully saturated rings. The van der Waals surface area contributed by atoms with Crippen LogP contribution in [0.25, 0.3) is 11.0 Å². The first-order chi connectivity index (χ1) is 11.5. The molecule has 124 valence electrons. The number of fused-ring (bicyclic) bond motifs is 1. The topological polar surface area (TPSA) is 84.7 Å². The van der Waals surface area contributed by atoms with E-state index < -0.39 is 0 Å². The second kappa shape index (κ2) is 6.66. The molecule has 3 aromatic rings. The number of amides is 2. The third-order valence-corrected chi connectivity index (χ3v) is 3.56. The van der Waals surface area contributed by atoms with E-state index in [4.69, 9.17) is 0 Å². The highest BCUT2D eigenvalue weighted by molar-refractivity contribution is 5.91. The van der Waals surface area contributed by atoms with Crippen LogP contribution in [0.4, 0.5) is 10.5 Å². The van der Waals surface area contributed by atoms with Gasteiger partial charge in [0.05, 0.1) is 30.3 Å². The summed E-state index contributed by atoms with van der Waals surface area (Å²) in [6.07, 6.45) is 3.38. The Hall–Kier alpha value is -2.96. The van der Waals surface area contributed by atoms with Crippen LogP contribution in [-0.2, 0) is 6.54 Å². The number of pyridine rings is 2.